The van der Waals surface area contributed by atoms with Crippen LogP contribution in [-0.2, 0) is 4.74 Å². The van der Waals surface area contributed by atoms with Gasteiger partial charge in [-0.2, -0.15) is 0 Å². The molecule has 0 spiro atoms. The fourth-order valence-corrected chi connectivity index (χ4v) is 3.23. The van der Waals surface area contributed by atoms with Crippen molar-refractivity contribution < 1.29 is 14.5 Å². The van der Waals surface area contributed by atoms with Crippen LogP contribution >= 0.6 is 11.3 Å². The Kier molecular flexibility index (Phi) is 5.88. The van der Waals surface area contributed by atoms with E-state index in [2.05, 4.69) is 10.2 Å². The number of non-ortho nitro benzene ring substituents is 1. The number of ether oxygens (including phenoxy) is 1. The van der Waals surface area contributed by atoms with Crippen LogP contribution in [0.5, 0.6) is 0 Å². The Morgan fingerprint density at radius 1 is 1.42 bits per heavy atom. The van der Waals surface area contributed by atoms with Crippen molar-refractivity contribution in [1.29, 1.82) is 0 Å². The summed E-state index contributed by atoms with van der Waals surface area (Å²) in [5.74, 6) is -0.612. The van der Waals surface area contributed by atoms with E-state index in [1.807, 2.05) is 31.6 Å². The lowest BCUT2D eigenvalue weighted by Gasteiger charge is -2.24. The molecule has 0 saturated carbocycles. The van der Waals surface area contributed by atoms with E-state index in [0.29, 0.717) is 12.2 Å². The third kappa shape index (κ3) is 4.09. The summed E-state index contributed by atoms with van der Waals surface area (Å²) in [6.07, 6.45) is 0. The molecule has 0 radical (unpaired) electrons. The molecule has 2 rings (SSSR count). The quantitative estimate of drug-likeness (QED) is 0.469. The van der Waals surface area contributed by atoms with Crippen LogP contribution in [0, 0.1) is 10.1 Å². The van der Waals surface area contributed by atoms with Gasteiger partial charge in [0.25, 0.3) is 5.69 Å². The fraction of sp³-hybridized carbons (Fsp3) is 0.312. The van der Waals surface area contributed by atoms with E-state index < -0.39 is 10.9 Å². The molecule has 1 N–H and O–H groups in total. The van der Waals surface area contributed by atoms with E-state index in [1.54, 1.807) is 11.3 Å². The first-order chi connectivity index (χ1) is 11.4. The van der Waals surface area contributed by atoms with Gasteiger partial charge in [0.1, 0.15) is 0 Å². The molecule has 0 bridgehead atoms. The van der Waals surface area contributed by atoms with Crippen LogP contribution in [0.4, 0.5) is 11.4 Å². The molecule has 0 aliphatic carbocycles. The van der Waals surface area contributed by atoms with Gasteiger partial charge in [-0.1, -0.05) is 6.07 Å². The maximum absolute atomic E-state index is 11.9. The van der Waals surface area contributed by atoms with Gasteiger partial charge >= 0.3 is 5.97 Å². The fourth-order valence-electron chi connectivity index (χ4n) is 2.30. The average molecular weight is 349 g/mol. The van der Waals surface area contributed by atoms with Crippen molar-refractivity contribution in [3.63, 3.8) is 0 Å². The zero-order chi connectivity index (χ0) is 17.7. The van der Waals surface area contributed by atoms with Crippen molar-refractivity contribution in [2.75, 3.05) is 33.1 Å². The van der Waals surface area contributed by atoms with Gasteiger partial charge in [-0.3, -0.25) is 10.1 Å². The van der Waals surface area contributed by atoms with E-state index in [1.165, 1.54) is 30.2 Å². The summed E-state index contributed by atoms with van der Waals surface area (Å²) in [4.78, 5) is 25.6. The maximum atomic E-state index is 11.9. The Hall–Kier alpha value is -2.45. The summed E-state index contributed by atoms with van der Waals surface area (Å²) in [6, 6.07) is 8.28. The molecule has 1 aromatic heterocycles. The van der Waals surface area contributed by atoms with Gasteiger partial charge in [-0.15, -0.1) is 11.3 Å². The zero-order valence-electron chi connectivity index (χ0n) is 13.7. The number of hydrogen-bond acceptors (Lipinski definition) is 7. The third-order valence-corrected chi connectivity index (χ3v) is 4.57. The Morgan fingerprint density at radius 2 is 2.17 bits per heavy atom. The Labute approximate surface area is 144 Å². The first kappa shape index (κ1) is 17.9. The van der Waals surface area contributed by atoms with Crippen LogP contribution < -0.4 is 5.32 Å². The Morgan fingerprint density at radius 3 is 2.71 bits per heavy atom. The van der Waals surface area contributed by atoms with Crippen LogP contribution in [0.1, 0.15) is 21.3 Å². The first-order valence-electron chi connectivity index (χ1n) is 7.24. The molecular weight excluding hydrogens is 330 g/mol. The van der Waals surface area contributed by atoms with Crippen molar-refractivity contribution in [3.05, 3.63) is 56.3 Å². The van der Waals surface area contributed by atoms with Gasteiger partial charge < -0.3 is 15.0 Å². The predicted octanol–water partition coefficient (Wildman–Crippen LogP) is 3.16. The number of nitrogens with one attached hydrogen (secondary N) is 1. The van der Waals surface area contributed by atoms with Crippen molar-refractivity contribution in [2.24, 2.45) is 0 Å². The maximum Gasteiger partial charge on any atom is 0.340 e. The second kappa shape index (κ2) is 7.89. The van der Waals surface area contributed by atoms with E-state index in [0.717, 1.165) is 0 Å². The summed E-state index contributed by atoms with van der Waals surface area (Å²) in [6.45, 7) is 0.551. The standard InChI is InChI=1S/C16H19N3O4S/c1-18(2)14(15-5-4-8-24-15)10-17-13-7-6-11(19(21)22)9-12(13)16(20)23-3/h4-9,14,17H,10H2,1-3H3. The highest BCUT2D eigenvalue weighted by molar-refractivity contribution is 7.10. The first-order valence-corrected chi connectivity index (χ1v) is 8.12. The SMILES string of the molecule is COC(=O)c1cc([N+](=O)[O-])ccc1NCC(c1cccs1)N(C)C. The number of rotatable bonds is 7. The summed E-state index contributed by atoms with van der Waals surface area (Å²) >= 11 is 1.65. The summed E-state index contributed by atoms with van der Waals surface area (Å²) < 4.78 is 4.73. The lowest BCUT2D eigenvalue weighted by molar-refractivity contribution is -0.384. The number of likely N-dealkylation sites (N-methyl/N-ethyl adjacent to an activating group) is 1. The molecule has 0 amide bonds. The number of carbonyl (C=O) groups excluding carboxylic acids is 1. The predicted molar refractivity (Wildman–Crippen MR) is 93.7 cm³/mol. The van der Waals surface area contributed by atoms with E-state index >= 15 is 0 Å². The second-order valence-corrected chi connectivity index (χ2v) is 6.33. The smallest absolute Gasteiger partial charge is 0.340 e. The molecule has 1 heterocycles. The summed E-state index contributed by atoms with van der Waals surface area (Å²) in [5, 5.41) is 16.1. The number of benzene rings is 1. The molecule has 8 heteroatoms. The minimum atomic E-state index is -0.612. The van der Waals surface area contributed by atoms with Crippen molar-refractivity contribution in [3.8, 4) is 0 Å². The number of carbonyl (C=O) groups is 1. The van der Waals surface area contributed by atoms with E-state index in [4.69, 9.17) is 4.74 Å². The number of thiophene rings is 1. The molecule has 0 aliphatic heterocycles. The van der Waals surface area contributed by atoms with E-state index in [-0.39, 0.29) is 17.3 Å². The van der Waals surface area contributed by atoms with Gasteiger partial charge in [0, 0.05) is 29.2 Å². The minimum absolute atomic E-state index is 0.116. The molecule has 0 fully saturated rings. The highest BCUT2D eigenvalue weighted by Gasteiger charge is 2.20. The number of nitrogens with zero attached hydrogens (tertiary/aromatic N) is 2. The highest BCUT2D eigenvalue weighted by Crippen LogP contribution is 2.26. The van der Waals surface area contributed by atoms with Gasteiger partial charge in [-0.05, 0) is 31.6 Å². The molecule has 2 aromatic rings. The normalized spacial score (nSPS) is 12.0. The minimum Gasteiger partial charge on any atom is -0.465 e. The Bertz CT molecular complexity index is 716. The molecule has 0 aliphatic rings. The average Bonchev–Trinajstić information content (AvgIpc) is 3.08. The van der Waals surface area contributed by atoms with Crippen molar-refractivity contribution in [2.45, 2.75) is 6.04 Å². The number of nitro groups is 1. The van der Waals surface area contributed by atoms with Crippen molar-refractivity contribution >= 4 is 28.7 Å². The van der Waals surface area contributed by atoms with Crippen LogP contribution in [-0.4, -0.2) is 43.5 Å². The van der Waals surface area contributed by atoms with E-state index in [9.17, 15) is 14.9 Å². The monoisotopic (exact) mass is 349 g/mol. The second-order valence-electron chi connectivity index (χ2n) is 5.35. The molecule has 24 heavy (non-hydrogen) atoms. The summed E-state index contributed by atoms with van der Waals surface area (Å²) in [5.41, 5.74) is 0.509. The number of hydrogen-bond donors (Lipinski definition) is 1. The van der Waals surface area contributed by atoms with Gasteiger partial charge in [0.2, 0.25) is 0 Å². The van der Waals surface area contributed by atoms with Gasteiger partial charge in [0.15, 0.2) is 0 Å². The molecule has 128 valence electrons. The molecule has 7 nitrogen and oxygen atoms in total. The number of anilines is 1. The Balaban J connectivity index is 2.25. The lowest BCUT2D eigenvalue weighted by atomic mass is 10.1. The number of nitro benzene ring substituents is 1. The van der Waals surface area contributed by atoms with Crippen LogP contribution in [0.2, 0.25) is 0 Å². The highest BCUT2D eigenvalue weighted by atomic mass is 32.1. The molecule has 1 unspecified atom stereocenters. The molecule has 0 saturated heterocycles. The zero-order valence-corrected chi connectivity index (χ0v) is 14.5. The number of esters is 1. The summed E-state index contributed by atoms with van der Waals surface area (Å²) in [7, 11) is 5.20. The third-order valence-electron chi connectivity index (χ3n) is 3.60. The molecular formula is C16H19N3O4S. The molecule has 1 aromatic carbocycles. The van der Waals surface area contributed by atoms with Crippen molar-refractivity contribution in [1.82, 2.24) is 4.90 Å². The largest absolute Gasteiger partial charge is 0.465 e. The topological polar surface area (TPSA) is 84.7 Å². The van der Waals surface area contributed by atoms with Gasteiger partial charge in [0.05, 0.1) is 23.6 Å². The number of methoxy groups -OCH3 is 1. The lowest BCUT2D eigenvalue weighted by Crippen LogP contribution is -2.26. The van der Waals surface area contributed by atoms with Crippen LogP contribution in [0.25, 0.3) is 0 Å². The van der Waals surface area contributed by atoms with Crippen LogP contribution in [0.3, 0.4) is 0 Å². The van der Waals surface area contributed by atoms with Gasteiger partial charge in [-0.25, -0.2) is 4.79 Å². The molecule has 1 atom stereocenters. The van der Waals surface area contributed by atoms with Crippen LogP contribution in [0.15, 0.2) is 35.7 Å².